The number of carbonyl (C=O) groups is 2. The van der Waals surface area contributed by atoms with Gasteiger partial charge in [-0.2, -0.15) is 19.6 Å². The van der Waals surface area contributed by atoms with Gasteiger partial charge >= 0.3 is 11.9 Å². The van der Waals surface area contributed by atoms with Crippen LogP contribution in [0.4, 0.5) is 0 Å². The third-order valence-corrected chi connectivity index (χ3v) is 12.0. The molecule has 0 radical (unpaired) electrons. The SMILES string of the molecule is C=COCCCCOc1c(/C=C/C(=O)OC2CCC(OC(=O)/C=C/c3ccc(CCCCOOC=C)c(CCCCOOC=C)c3CCCCOOC=C)CC2)ccc(CCCCOOC=C)c1OCCCCOC=C. The fraction of sp³-hybridized carbons (Fsp3) is 0.500. The van der Waals surface area contributed by atoms with Gasteiger partial charge in [-0.05, 0) is 168 Å². The number of esters is 2. The van der Waals surface area contributed by atoms with Gasteiger partial charge in [-0.3, -0.25) is 0 Å². The van der Waals surface area contributed by atoms with Gasteiger partial charge in [-0.25, -0.2) is 9.59 Å². The fourth-order valence-corrected chi connectivity index (χ4v) is 8.35. The van der Waals surface area contributed by atoms with Crippen LogP contribution >= 0.6 is 0 Å². The van der Waals surface area contributed by atoms with Gasteiger partial charge in [0.1, 0.15) is 37.3 Å². The summed E-state index contributed by atoms with van der Waals surface area (Å²) in [6, 6.07) is 8.15. The van der Waals surface area contributed by atoms with E-state index in [4.69, 9.17) is 67.5 Å². The molecular formula is C60H84O16. The Balaban J connectivity index is 1.71. The van der Waals surface area contributed by atoms with Crippen LogP contribution in [0.15, 0.2) is 113 Å². The van der Waals surface area contributed by atoms with Crippen LogP contribution in [-0.4, -0.2) is 77.0 Å². The zero-order valence-electron chi connectivity index (χ0n) is 44.8. The summed E-state index contributed by atoms with van der Waals surface area (Å²) in [5, 5.41) is 0. The average molecular weight is 1060 g/mol. The van der Waals surface area contributed by atoms with Crippen LogP contribution in [0, 0.1) is 0 Å². The molecular weight excluding hydrogens is 977 g/mol. The van der Waals surface area contributed by atoms with Crippen molar-refractivity contribution in [3.05, 3.63) is 147 Å². The van der Waals surface area contributed by atoms with Crippen LogP contribution in [0.2, 0.25) is 0 Å². The summed E-state index contributed by atoms with van der Waals surface area (Å²) >= 11 is 0. The number of benzene rings is 2. The highest BCUT2D eigenvalue weighted by Crippen LogP contribution is 2.38. The summed E-state index contributed by atoms with van der Waals surface area (Å²) in [4.78, 5) is 66.7. The van der Waals surface area contributed by atoms with Crippen molar-refractivity contribution in [3.63, 3.8) is 0 Å². The lowest BCUT2D eigenvalue weighted by Gasteiger charge is -2.27. The third-order valence-electron chi connectivity index (χ3n) is 12.0. The molecule has 0 amide bonds. The van der Waals surface area contributed by atoms with Gasteiger partial charge in [-0.15, -0.1) is 0 Å². The lowest BCUT2D eigenvalue weighted by Crippen LogP contribution is -2.29. The Bertz CT molecular complexity index is 1890. The van der Waals surface area contributed by atoms with E-state index in [-0.39, 0.29) is 12.2 Å². The Labute approximate surface area is 451 Å². The van der Waals surface area contributed by atoms with Gasteiger partial charge in [-0.1, -0.05) is 63.7 Å². The molecule has 16 heteroatoms. The second kappa shape index (κ2) is 42.7. The minimum absolute atomic E-state index is 0.312. The summed E-state index contributed by atoms with van der Waals surface area (Å²) in [6.07, 6.45) is 28.6. The van der Waals surface area contributed by atoms with Crippen molar-refractivity contribution in [1.29, 1.82) is 0 Å². The number of hydrogen-bond acceptors (Lipinski definition) is 16. The minimum atomic E-state index is -0.479. The summed E-state index contributed by atoms with van der Waals surface area (Å²) in [6.45, 7) is 24.9. The number of ether oxygens (including phenoxy) is 6. The van der Waals surface area contributed by atoms with Crippen LogP contribution in [0.5, 0.6) is 11.5 Å². The molecule has 1 fully saturated rings. The topological polar surface area (TPSA) is 163 Å². The Hall–Kier alpha value is -6.46. The van der Waals surface area contributed by atoms with Gasteiger partial charge < -0.3 is 48.0 Å². The molecule has 0 atom stereocenters. The molecule has 0 spiro atoms. The average Bonchev–Trinajstić information content (AvgIpc) is 3.43. The molecule has 1 aliphatic rings. The predicted molar refractivity (Wildman–Crippen MR) is 292 cm³/mol. The van der Waals surface area contributed by atoms with E-state index in [0.717, 1.165) is 107 Å². The molecule has 16 nitrogen and oxygen atoms in total. The highest BCUT2D eigenvalue weighted by molar-refractivity contribution is 5.88. The van der Waals surface area contributed by atoms with Crippen molar-refractivity contribution >= 4 is 24.1 Å². The molecule has 3 rings (SSSR count). The van der Waals surface area contributed by atoms with Gasteiger partial charge in [0.05, 0.1) is 65.4 Å². The van der Waals surface area contributed by atoms with Crippen LogP contribution in [0.3, 0.4) is 0 Å². The number of carbonyl (C=O) groups excluding carboxylic acids is 2. The highest BCUT2D eigenvalue weighted by atomic mass is 17.2. The molecule has 0 N–H and O–H groups in total. The zero-order chi connectivity index (χ0) is 54.5. The first-order valence-corrected chi connectivity index (χ1v) is 26.7. The summed E-state index contributed by atoms with van der Waals surface area (Å²) in [7, 11) is 0. The van der Waals surface area contributed by atoms with E-state index in [1.165, 1.54) is 66.4 Å². The quantitative estimate of drug-likeness (QED) is 0.0153. The van der Waals surface area contributed by atoms with Crippen LogP contribution < -0.4 is 9.47 Å². The van der Waals surface area contributed by atoms with Crippen LogP contribution in [0.25, 0.3) is 12.2 Å². The third kappa shape index (κ3) is 27.9. The smallest absolute Gasteiger partial charge is 0.331 e. The monoisotopic (exact) mass is 1060 g/mol. The van der Waals surface area contributed by atoms with Crippen molar-refractivity contribution in [1.82, 2.24) is 0 Å². The number of aryl methyl sites for hydroxylation is 2. The Kier molecular flexibility index (Phi) is 35.9. The van der Waals surface area contributed by atoms with Crippen molar-refractivity contribution in [2.75, 3.05) is 52.9 Å². The molecule has 1 saturated carbocycles. The molecule has 0 aromatic heterocycles. The molecule has 420 valence electrons. The first kappa shape index (κ1) is 63.8. The van der Waals surface area contributed by atoms with Crippen molar-refractivity contribution in [3.8, 4) is 11.5 Å². The van der Waals surface area contributed by atoms with Gasteiger partial charge in [0.25, 0.3) is 0 Å². The molecule has 2 aromatic rings. The van der Waals surface area contributed by atoms with E-state index in [1.807, 2.05) is 18.2 Å². The van der Waals surface area contributed by atoms with Crippen molar-refractivity contribution < 1.29 is 77.1 Å². The van der Waals surface area contributed by atoms with Crippen LogP contribution in [0.1, 0.15) is 136 Å². The maximum Gasteiger partial charge on any atom is 0.331 e. The van der Waals surface area contributed by atoms with Crippen molar-refractivity contribution in [2.45, 2.75) is 141 Å². The number of hydrogen-bond donors (Lipinski definition) is 0. The fourth-order valence-electron chi connectivity index (χ4n) is 8.35. The number of unbranched alkanes of at least 4 members (excludes halogenated alkanes) is 6. The molecule has 0 saturated heterocycles. The zero-order valence-corrected chi connectivity index (χ0v) is 44.8. The minimum Gasteiger partial charge on any atom is -0.502 e. The molecule has 2 aromatic carbocycles. The van der Waals surface area contributed by atoms with Gasteiger partial charge in [0, 0.05) is 17.7 Å². The van der Waals surface area contributed by atoms with Gasteiger partial charge in [0.15, 0.2) is 11.5 Å². The Morgan fingerprint density at radius 2 is 0.789 bits per heavy atom. The lowest BCUT2D eigenvalue weighted by atomic mass is 9.87. The maximum atomic E-state index is 13.4. The van der Waals surface area contributed by atoms with Crippen molar-refractivity contribution in [2.24, 2.45) is 0 Å². The standard InChI is InChI=1S/C60H84O16/c1-7-63-41-21-23-43-65-59-51(26-14-18-46-72-68-10-4)31-32-52(60(59)66-44-24-22-42-64-8-2)34-40-58(62)76-54-37-35-53(36-38-54)75-57(61)39-33-50-30-29-49(25-13-17-45-71-67-9-3)55(27-15-19-47-73-69-11-5)56(50)28-16-20-48-74-70-12-6/h7-12,29-34,39-40,53-54H,1-6,13-28,35-38,41-48H2/b39-33+,40-34+. The van der Waals surface area contributed by atoms with E-state index in [0.29, 0.717) is 102 Å². The van der Waals surface area contributed by atoms with E-state index in [1.54, 1.807) is 6.08 Å². The van der Waals surface area contributed by atoms with Crippen LogP contribution in [-0.2, 0) is 93.3 Å². The Morgan fingerprint density at radius 1 is 0.408 bits per heavy atom. The molecule has 0 aliphatic heterocycles. The number of rotatable bonds is 48. The first-order valence-electron chi connectivity index (χ1n) is 26.7. The second-order valence-electron chi connectivity index (χ2n) is 17.5. The predicted octanol–water partition coefficient (Wildman–Crippen LogP) is 13.1. The Morgan fingerprint density at radius 3 is 1.26 bits per heavy atom. The van der Waals surface area contributed by atoms with E-state index in [2.05, 4.69) is 51.6 Å². The largest absolute Gasteiger partial charge is 0.502 e. The van der Waals surface area contributed by atoms with Gasteiger partial charge in [0.2, 0.25) is 0 Å². The molecule has 1 aliphatic carbocycles. The molecule has 0 unspecified atom stereocenters. The molecule has 0 heterocycles. The summed E-state index contributed by atoms with van der Waals surface area (Å²) in [5.74, 6) is 0.274. The summed E-state index contributed by atoms with van der Waals surface area (Å²) < 4.78 is 35.4. The lowest BCUT2D eigenvalue weighted by molar-refractivity contribution is -0.248. The molecule has 0 bridgehead atoms. The molecule has 76 heavy (non-hydrogen) atoms. The maximum absolute atomic E-state index is 13.4. The first-order chi connectivity index (χ1) is 37.4. The van der Waals surface area contributed by atoms with E-state index < -0.39 is 11.9 Å². The normalized spacial score (nSPS) is 14.1. The van der Waals surface area contributed by atoms with E-state index >= 15 is 0 Å². The summed E-state index contributed by atoms with van der Waals surface area (Å²) in [5.41, 5.74) is 6.27. The second-order valence-corrected chi connectivity index (χ2v) is 17.5. The highest BCUT2D eigenvalue weighted by Gasteiger charge is 2.26. The van der Waals surface area contributed by atoms with E-state index in [9.17, 15) is 9.59 Å².